The maximum atomic E-state index is 13.5. The number of benzene rings is 2. The van der Waals surface area contributed by atoms with Crippen LogP contribution in [0.5, 0.6) is 5.75 Å². The minimum absolute atomic E-state index is 0.0654. The van der Waals surface area contributed by atoms with Crippen molar-refractivity contribution in [2.24, 2.45) is 0 Å². The molecule has 172 valence electrons. The first-order valence-electron chi connectivity index (χ1n) is 10.6. The summed E-state index contributed by atoms with van der Waals surface area (Å²) in [4.78, 5) is 50.4. The largest absolute Gasteiger partial charge is 0.496 e. The molecule has 3 aromatic rings. The Bertz CT molecular complexity index is 1300. The molecule has 34 heavy (non-hydrogen) atoms. The summed E-state index contributed by atoms with van der Waals surface area (Å²) in [6, 6.07) is 9.66. The van der Waals surface area contributed by atoms with Gasteiger partial charge in [0.25, 0.3) is 11.8 Å². The molecule has 0 bridgehead atoms. The van der Waals surface area contributed by atoms with Crippen molar-refractivity contribution in [2.45, 2.75) is 6.04 Å². The topological polar surface area (TPSA) is 105 Å². The lowest BCUT2D eigenvalue weighted by atomic mass is 10.00. The van der Waals surface area contributed by atoms with Crippen LogP contribution < -0.4 is 10.1 Å². The summed E-state index contributed by atoms with van der Waals surface area (Å²) in [5.41, 5.74) is 2.44. The fourth-order valence-electron chi connectivity index (χ4n) is 4.28. The Morgan fingerprint density at radius 2 is 1.97 bits per heavy atom. The Morgan fingerprint density at radius 1 is 1.12 bits per heavy atom. The average molecular weight is 478 g/mol. The lowest BCUT2D eigenvalue weighted by Crippen LogP contribution is -2.59. The van der Waals surface area contributed by atoms with Crippen LogP contribution in [0.1, 0.15) is 20.8 Å². The number of anilines is 1. The second kappa shape index (κ2) is 8.75. The molecule has 1 saturated heterocycles. The van der Waals surface area contributed by atoms with Crippen LogP contribution in [0.2, 0.25) is 5.02 Å². The van der Waals surface area contributed by atoms with Crippen molar-refractivity contribution in [2.75, 3.05) is 32.1 Å². The number of aromatic nitrogens is 2. The normalized spacial score (nSPS) is 17.4. The van der Waals surface area contributed by atoms with Gasteiger partial charge in [0.15, 0.2) is 0 Å². The first kappa shape index (κ1) is 21.8. The summed E-state index contributed by atoms with van der Waals surface area (Å²) >= 11 is 6.19. The van der Waals surface area contributed by atoms with Gasteiger partial charge < -0.3 is 19.9 Å². The summed E-state index contributed by atoms with van der Waals surface area (Å²) in [6.45, 7) is 0.561. The molecule has 3 amide bonds. The summed E-state index contributed by atoms with van der Waals surface area (Å²) < 4.78 is 5.45. The van der Waals surface area contributed by atoms with Gasteiger partial charge in [0, 0.05) is 36.1 Å². The smallest absolute Gasteiger partial charge is 0.274 e. The van der Waals surface area contributed by atoms with Crippen molar-refractivity contribution in [1.82, 2.24) is 19.8 Å². The summed E-state index contributed by atoms with van der Waals surface area (Å²) in [5.74, 6) is -0.349. The minimum atomic E-state index is -0.821. The maximum Gasteiger partial charge on any atom is 0.274 e. The Labute approximate surface area is 200 Å². The van der Waals surface area contributed by atoms with Crippen LogP contribution in [0, 0.1) is 0 Å². The third-order valence-corrected chi connectivity index (χ3v) is 6.23. The fraction of sp³-hybridized carbons (Fsp3) is 0.208. The van der Waals surface area contributed by atoms with Gasteiger partial charge in [-0.05, 0) is 35.9 Å². The van der Waals surface area contributed by atoms with Crippen molar-refractivity contribution in [3.63, 3.8) is 0 Å². The molecule has 1 fully saturated rings. The van der Waals surface area contributed by atoms with Gasteiger partial charge in [0.05, 0.1) is 31.1 Å². The molecule has 2 aliphatic heterocycles. The summed E-state index contributed by atoms with van der Waals surface area (Å²) in [6.07, 6.45) is 4.31. The number of rotatable bonds is 3. The number of fused-ring (bicyclic) bond motifs is 2. The van der Waals surface area contributed by atoms with Gasteiger partial charge in [0.2, 0.25) is 5.91 Å². The first-order chi connectivity index (χ1) is 16.5. The molecule has 0 unspecified atom stereocenters. The number of halogens is 1. The standard InChI is InChI=1S/C24H20ClN5O4/c1-34-21-5-3-15(25)11-16(21)14-2-4-18-17(10-14)23(32)30-9-8-29(13-20(30)22(31)28-18)24(33)19-12-26-6-7-27-19/h2-7,10-12,20H,8-9,13H2,1H3,(H,28,31)/t20-/m0/s1. The molecule has 0 radical (unpaired) electrons. The summed E-state index contributed by atoms with van der Waals surface area (Å²) in [7, 11) is 1.56. The van der Waals surface area contributed by atoms with Crippen LogP contribution in [0.25, 0.3) is 11.1 Å². The SMILES string of the molecule is COc1ccc(Cl)cc1-c1ccc2c(c1)C(=O)N1CCN(C(=O)c3cnccn3)C[C@H]1C(=O)N2. The van der Waals surface area contributed by atoms with E-state index >= 15 is 0 Å². The van der Waals surface area contributed by atoms with E-state index in [0.29, 0.717) is 22.0 Å². The van der Waals surface area contributed by atoms with E-state index in [1.54, 1.807) is 43.5 Å². The molecule has 1 aromatic heterocycles. The van der Waals surface area contributed by atoms with Gasteiger partial charge in [-0.3, -0.25) is 19.4 Å². The van der Waals surface area contributed by atoms with E-state index in [1.165, 1.54) is 28.4 Å². The molecule has 0 aliphatic carbocycles. The molecular weight excluding hydrogens is 458 g/mol. The van der Waals surface area contributed by atoms with Crippen molar-refractivity contribution < 1.29 is 19.1 Å². The predicted molar refractivity (Wildman–Crippen MR) is 125 cm³/mol. The van der Waals surface area contributed by atoms with Gasteiger partial charge >= 0.3 is 0 Å². The van der Waals surface area contributed by atoms with Crippen LogP contribution in [-0.4, -0.2) is 70.3 Å². The molecule has 0 saturated carbocycles. The minimum Gasteiger partial charge on any atom is -0.496 e. The van der Waals surface area contributed by atoms with Crippen LogP contribution in [-0.2, 0) is 4.79 Å². The molecule has 1 atom stereocenters. The second-order valence-electron chi connectivity index (χ2n) is 7.95. The molecule has 9 nitrogen and oxygen atoms in total. The zero-order valence-electron chi connectivity index (χ0n) is 18.2. The van der Waals surface area contributed by atoms with E-state index in [2.05, 4.69) is 15.3 Å². The van der Waals surface area contributed by atoms with Crippen LogP contribution >= 0.6 is 11.6 Å². The number of ether oxygens (including phenoxy) is 1. The molecule has 1 N–H and O–H groups in total. The highest BCUT2D eigenvalue weighted by atomic mass is 35.5. The monoisotopic (exact) mass is 477 g/mol. The number of nitrogens with one attached hydrogen (secondary N) is 1. The number of carbonyl (C=O) groups is 3. The van der Waals surface area contributed by atoms with Crippen LogP contribution in [0.15, 0.2) is 55.0 Å². The average Bonchev–Trinajstić information content (AvgIpc) is 2.97. The number of amides is 3. The molecule has 3 heterocycles. The van der Waals surface area contributed by atoms with E-state index in [0.717, 1.165) is 11.1 Å². The third-order valence-electron chi connectivity index (χ3n) is 5.99. The number of nitrogens with zero attached hydrogens (tertiary/aromatic N) is 4. The molecule has 2 aromatic carbocycles. The summed E-state index contributed by atoms with van der Waals surface area (Å²) in [5, 5.41) is 3.38. The highest BCUT2D eigenvalue weighted by Crippen LogP contribution is 2.36. The molecule has 2 aliphatic rings. The number of methoxy groups -OCH3 is 1. The molecule has 5 rings (SSSR count). The Morgan fingerprint density at radius 3 is 2.74 bits per heavy atom. The Balaban J connectivity index is 1.46. The second-order valence-corrected chi connectivity index (χ2v) is 8.39. The zero-order valence-corrected chi connectivity index (χ0v) is 19.0. The van der Waals surface area contributed by atoms with Gasteiger partial charge in [-0.25, -0.2) is 4.98 Å². The van der Waals surface area contributed by atoms with Crippen LogP contribution in [0.3, 0.4) is 0 Å². The van der Waals surface area contributed by atoms with Gasteiger partial charge in [0.1, 0.15) is 17.5 Å². The number of hydrogen-bond acceptors (Lipinski definition) is 6. The molecular formula is C24H20ClN5O4. The van der Waals surface area contributed by atoms with Gasteiger partial charge in [-0.1, -0.05) is 17.7 Å². The van der Waals surface area contributed by atoms with Crippen molar-refractivity contribution in [1.29, 1.82) is 0 Å². The molecule has 10 heteroatoms. The molecule has 0 spiro atoms. The highest BCUT2D eigenvalue weighted by Gasteiger charge is 2.40. The van der Waals surface area contributed by atoms with Crippen molar-refractivity contribution >= 4 is 35.0 Å². The quantitative estimate of drug-likeness (QED) is 0.622. The van der Waals surface area contributed by atoms with Crippen molar-refractivity contribution in [3.8, 4) is 16.9 Å². The van der Waals surface area contributed by atoms with E-state index in [1.807, 2.05) is 0 Å². The highest BCUT2D eigenvalue weighted by molar-refractivity contribution is 6.31. The van der Waals surface area contributed by atoms with Gasteiger partial charge in [-0.15, -0.1) is 0 Å². The Kier molecular flexibility index (Phi) is 5.62. The Hall–Kier alpha value is -3.98. The third kappa shape index (κ3) is 3.84. The number of piperazine rings is 1. The van der Waals surface area contributed by atoms with Crippen LogP contribution in [0.4, 0.5) is 5.69 Å². The lowest BCUT2D eigenvalue weighted by molar-refractivity contribution is -0.121. The zero-order chi connectivity index (χ0) is 23.8. The lowest BCUT2D eigenvalue weighted by Gasteiger charge is -2.39. The maximum absolute atomic E-state index is 13.5. The first-order valence-corrected chi connectivity index (χ1v) is 11.0. The number of hydrogen-bond donors (Lipinski definition) is 1. The van der Waals surface area contributed by atoms with E-state index in [9.17, 15) is 14.4 Å². The van der Waals surface area contributed by atoms with E-state index in [4.69, 9.17) is 16.3 Å². The van der Waals surface area contributed by atoms with Gasteiger partial charge in [-0.2, -0.15) is 0 Å². The van der Waals surface area contributed by atoms with Crippen molar-refractivity contribution in [3.05, 3.63) is 71.3 Å². The fourth-order valence-corrected chi connectivity index (χ4v) is 4.45. The van der Waals surface area contributed by atoms with E-state index in [-0.39, 0.29) is 43.0 Å². The predicted octanol–water partition coefficient (Wildman–Crippen LogP) is 2.72. The van der Waals surface area contributed by atoms with E-state index < -0.39 is 6.04 Å². The number of carbonyl (C=O) groups excluding carboxylic acids is 3.